The zero-order valence-electron chi connectivity index (χ0n) is 19.5. The normalized spacial score (nSPS) is 27.9. The van der Waals surface area contributed by atoms with Gasteiger partial charge in [0, 0.05) is 28.0 Å². The van der Waals surface area contributed by atoms with E-state index in [4.69, 9.17) is 23.2 Å². The van der Waals surface area contributed by atoms with Crippen LogP contribution in [0.1, 0.15) is 60.9 Å². The van der Waals surface area contributed by atoms with Crippen LogP contribution in [0.3, 0.4) is 0 Å². The summed E-state index contributed by atoms with van der Waals surface area (Å²) in [6.45, 7) is 11.6. The molecule has 0 saturated carbocycles. The van der Waals surface area contributed by atoms with Crippen molar-refractivity contribution in [3.63, 3.8) is 0 Å². The van der Waals surface area contributed by atoms with Gasteiger partial charge in [-0.15, -0.1) is 0 Å². The molecule has 4 unspecified atom stereocenters. The number of hydrogen-bond donors (Lipinski definition) is 1. The van der Waals surface area contributed by atoms with Gasteiger partial charge in [-0.25, -0.2) is 0 Å². The van der Waals surface area contributed by atoms with E-state index in [1.165, 1.54) is 48.2 Å². The van der Waals surface area contributed by atoms with Crippen LogP contribution in [-0.4, -0.2) is 31.1 Å². The van der Waals surface area contributed by atoms with Crippen molar-refractivity contribution in [3.8, 4) is 0 Å². The Kier molecular flexibility index (Phi) is 7.03. The molecule has 4 atom stereocenters. The van der Waals surface area contributed by atoms with E-state index in [2.05, 4.69) is 75.3 Å². The van der Waals surface area contributed by atoms with Crippen LogP contribution in [0.15, 0.2) is 36.4 Å². The van der Waals surface area contributed by atoms with Crippen molar-refractivity contribution >= 4 is 23.2 Å². The molecule has 2 aromatic rings. The van der Waals surface area contributed by atoms with Gasteiger partial charge in [0.05, 0.1) is 0 Å². The lowest BCUT2D eigenvalue weighted by Gasteiger charge is -2.37. The van der Waals surface area contributed by atoms with Gasteiger partial charge >= 0.3 is 0 Å². The molecule has 0 aliphatic carbocycles. The first kappa shape index (κ1) is 23.1. The summed E-state index contributed by atoms with van der Waals surface area (Å²) in [5, 5.41) is 5.80. The lowest BCUT2D eigenvalue weighted by Crippen LogP contribution is -2.43. The van der Waals surface area contributed by atoms with E-state index in [0.717, 1.165) is 10.0 Å². The van der Waals surface area contributed by atoms with Crippen LogP contribution in [-0.2, 0) is 0 Å². The molecule has 2 nitrogen and oxygen atoms in total. The molecule has 4 rings (SSSR count). The van der Waals surface area contributed by atoms with Crippen LogP contribution in [0.5, 0.6) is 0 Å². The van der Waals surface area contributed by atoms with E-state index in [0.29, 0.717) is 29.7 Å². The van der Waals surface area contributed by atoms with Crippen LogP contribution < -0.4 is 5.32 Å². The topological polar surface area (TPSA) is 15.3 Å². The second-order valence-electron chi connectivity index (χ2n) is 10.2. The molecule has 2 fully saturated rings. The fourth-order valence-corrected chi connectivity index (χ4v) is 6.57. The molecular formula is C27H36Cl2N2. The molecule has 1 N–H and O–H groups in total. The zero-order valence-corrected chi connectivity index (χ0v) is 21.0. The molecule has 2 saturated heterocycles. The van der Waals surface area contributed by atoms with Crippen molar-refractivity contribution in [2.24, 2.45) is 17.8 Å². The molecule has 2 aliphatic heterocycles. The third-order valence-corrected chi connectivity index (χ3v) is 8.24. The Morgan fingerprint density at radius 2 is 1.55 bits per heavy atom. The van der Waals surface area contributed by atoms with E-state index in [9.17, 15) is 0 Å². The number of rotatable bonds is 4. The summed E-state index contributed by atoms with van der Waals surface area (Å²) < 4.78 is 0. The van der Waals surface area contributed by atoms with Crippen LogP contribution in [0.25, 0.3) is 0 Å². The van der Waals surface area contributed by atoms with E-state index in [1.807, 2.05) is 6.07 Å². The fraction of sp³-hybridized carbons (Fsp3) is 0.556. The van der Waals surface area contributed by atoms with Crippen molar-refractivity contribution in [1.29, 1.82) is 0 Å². The summed E-state index contributed by atoms with van der Waals surface area (Å²) in [5.74, 6) is 2.26. The monoisotopic (exact) mass is 458 g/mol. The molecular weight excluding hydrogens is 423 g/mol. The van der Waals surface area contributed by atoms with Gasteiger partial charge in [-0.3, -0.25) is 0 Å². The number of likely N-dealkylation sites (tertiary alicyclic amines) is 1. The van der Waals surface area contributed by atoms with Gasteiger partial charge in [-0.1, -0.05) is 49.2 Å². The Labute approximate surface area is 198 Å². The Bertz CT molecular complexity index is 917. The SMILES string of the molecule is Cc1ccc(Cl)cc1C1NC(C2CCN(C)CC2)C(C(C)C)C1c1ccc(Cl)cc1C. The minimum atomic E-state index is 0.260. The van der Waals surface area contributed by atoms with Crippen LogP contribution in [0.2, 0.25) is 10.0 Å². The first-order chi connectivity index (χ1) is 14.8. The minimum Gasteiger partial charge on any atom is -0.306 e. The number of aryl methyl sites for hydroxylation is 2. The third kappa shape index (κ3) is 4.69. The van der Waals surface area contributed by atoms with Gasteiger partial charge in [0.1, 0.15) is 0 Å². The fourth-order valence-electron chi connectivity index (χ4n) is 6.16. The largest absolute Gasteiger partial charge is 0.306 e. The Morgan fingerprint density at radius 1 is 0.903 bits per heavy atom. The van der Waals surface area contributed by atoms with Gasteiger partial charge in [0.2, 0.25) is 0 Å². The highest BCUT2D eigenvalue weighted by Crippen LogP contribution is 2.51. The number of hydrogen-bond acceptors (Lipinski definition) is 2. The summed E-state index contributed by atoms with van der Waals surface area (Å²) in [4.78, 5) is 2.47. The average Bonchev–Trinajstić information content (AvgIpc) is 3.10. The second kappa shape index (κ2) is 9.43. The maximum atomic E-state index is 6.49. The summed E-state index contributed by atoms with van der Waals surface area (Å²) in [5.41, 5.74) is 5.37. The number of benzene rings is 2. The maximum Gasteiger partial charge on any atom is 0.0409 e. The summed E-state index contributed by atoms with van der Waals surface area (Å²) in [6.07, 6.45) is 2.54. The highest BCUT2D eigenvalue weighted by atomic mass is 35.5. The van der Waals surface area contributed by atoms with Crippen LogP contribution in [0.4, 0.5) is 0 Å². The molecule has 0 radical (unpaired) electrons. The molecule has 0 bridgehead atoms. The predicted molar refractivity (Wildman–Crippen MR) is 133 cm³/mol. The van der Waals surface area contributed by atoms with Crippen molar-refractivity contribution in [2.75, 3.05) is 20.1 Å². The van der Waals surface area contributed by atoms with E-state index in [1.54, 1.807) is 0 Å². The maximum absolute atomic E-state index is 6.49. The van der Waals surface area contributed by atoms with Crippen molar-refractivity contribution in [1.82, 2.24) is 10.2 Å². The highest BCUT2D eigenvalue weighted by molar-refractivity contribution is 6.31. The number of piperidine rings is 1. The van der Waals surface area contributed by atoms with E-state index >= 15 is 0 Å². The molecule has 2 aromatic carbocycles. The van der Waals surface area contributed by atoms with Gasteiger partial charge < -0.3 is 10.2 Å². The first-order valence-corrected chi connectivity index (χ1v) is 12.5. The number of halogens is 2. The molecule has 31 heavy (non-hydrogen) atoms. The van der Waals surface area contributed by atoms with Crippen LogP contribution >= 0.6 is 23.2 Å². The highest BCUT2D eigenvalue weighted by Gasteiger charge is 2.49. The van der Waals surface area contributed by atoms with E-state index in [-0.39, 0.29) is 6.04 Å². The second-order valence-corrected chi connectivity index (χ2v) is 11.0. The zero-order chi connectivity index (χ0) is 22.3. The predicted octanol–water partition coefficient (Wildman–Crippen LogP) is 7.02. The average molecular weight is 460 g/mol. The molecule has 0 spiro atoms. The lowest BCUT2D eigenvalue weighted by atomic mass is 9.70. The standard InChI is InChI=1S/C27H36Cl2N2/c1-16(2)24-25(22-9-8-20(28)14-18(22)4)27(23-15-21(29)7-6-17(23)3)30-26(24)19-10-12-31(5)13-11-19/h6-9,14-16,19,24-27,30H,10-13H2,1-5H3. The molecule has 0 aromatic heterocycles. The van der Waals surface area contributed by atoms with Gasteiger partial charge in [0.15, 0.2) is 0 Å². The smallest absolute Gasteiger partial charge is 0.0409 e. The Morgan fingerprint density at radius 3 is 2.19 bits per heavy atom. The number of nitrogens with one attached hydrogen (secondary N) is 1. The first-order valence-electron chi connectivity index (χ1n) is 11.7. The van der Waals surface area contributed by atoms with Crippen molar-refractivity contribution in [2.45, 2.75) is 58.5 Å². The number of nitrogens with zero attached hydrogens (tertiary/aromatic N) is 1. The van der Waals surface area contributed by atoms with Gasteiger partial charge in [-0.2, -0.15) is 0 Å². The summed E-state index contributed by atoms with van der Waals surface area (Å²) >= 11 is 12.8. The van der Waals surface area contributed by atoms with Crippen LogP contribution in [0, 0.1) is 31.6 Å². The minimum absolute atomic E-state index is 0.260. The summed E-state index contributed by atoms with van der Waals surface area (Å²) in [7, 11) is 2.25. The Hall–Kier alpha value is -1.06. The van der Waals surface area contributed by atoms with Gasteiger partial charge in [0.25, 0.3) is 0 Å². The Balaban J connectivity index is 1.81. The summed E-state index contributed by atoms with van der Waals surface area (Å²) in [6, 6.07) is 13.6. The molecule has 4 heteroatoms. The quantitative estimate of drug-likeness (QED) is 0.529. The van der Waals surface area contributed by atoms with Crippen molar-refractivity contribution < 1.29 is 0 Å². The van der Waals surface area contributed by atoms with Crippen molar-refractivity contribution in [3.05, 3.63) is 68.7 Å². The molecule has 168 valence electrons. The molecule has 2 aliphatic rings. The molecule has 0 amide bonds. The van der Waals surface area contributed by atoms with E-state index < -0.39 is 0 Å². The molecule has 2 heterocycles. The lowest BCUT2D eigenvalue weighted by molar-refractivity contribution is 0.155. The van der Waals surface area contributed by atoms with Gasteiger partial charge in [-0.05, 0) is 111 Å². The third-order valence-electron chi connectivity index (χ3n) is 7.77.